The molecule has 1 aromatic rings. The van der Waals surface area contributed by atoms with Crippen LogP contribution in [0.4, 0.5) is 4.79 Å². The lowest BCUT2D eigenvalue weighted by atomic mass is 10.1. The molecule has 1 saturated heterocycles. The largest absolute Gasteiger partial charge is 0.444 e. The molecule has 0 radical (unpaired) electrons. The number of ether oxygens (including phenoxy) is 2. The highest BCUT2D eigenvalue weighted by Gasteiger charge is 2.47. The summed E-state index contributed by atoms with van der Waals surface area (Å²) in [5.41, 5.74) is 0.0900. The summed E-state index contributed by atoms with van der Waals surface area (Å²) in [5, 5.41) is 9.95. The Kier molecular flexibility index (Phi) is 4.65. The van der Waals surface area contributed by atoms with Crippen LogP contribution in [0.15, 0.2) is 43.0 Å². The number of hydrogen-bond donors (Lipinski definition) is 1. The van der Waals surface area contributed by atoms with Crippen molar-refractivity contribution in [2.24, 2.45) is 0 Å². The van der Waals surface area contributed by atoms with Crippen LogP contribution < -0.4 is 0 Å². The predicted octanol–water partition coefficient (Wildman–Crippen LogP) is 2.31. The molecule has 5 nitrogen and oxygen atoms in total. The number of nitrogens with zero attached hydrogens (tertiary/aromatic N) is 1. The Hall–Kier alpha value is -1.85. The molecule has 21 heavy (non-hydrogen) atoms. The third-order valence-electron chi connectivity index (χ3n) is 3.56. The number of hydrogen-bond acceptors (Lipinski definition) is 4. The Morgan fingerprint density at radius 1 is 1.57 bits per heavy atom. The minimum Gasteiger partial charge on any atom is -0.444 e. The van der Waals surface area contributed by atoms with Crippen LogP contribution in [-0.4, -0.2) is 40.6 Å². The lowest BCUT2D eigenvalue weighted by Crippen LogP contribution is -2.51. The van der Waals surface area contributed by atoms with E-state index in [0.717, 1.165) is 5.56 Å². The van der Waals surface area contributed by atoms with Crippen LogP contribution in [-0.2, 0) is 16.1 Å². The van der Waals surface area contributed by atoms with E-state index in [9.17, 15) is 9.90 Å². The molecular formula is C16H21NO4. The van der Waals surface area contributed by atoms with E-state index < -0.39 is 24.0 Å². The summed E-state index contributed by atoms with van der Waals surface area (Å²) in [5.74, 6) is 0. The topological polar surface area (TPSA) is 59.0 Å². The minimum absolute atomic E-state index is 0.184. The average Bonchev–Trinajstić information content (AvgIpc) is 2.80. The second-order valence-corrected chi connectivity index (χ2v) is 5.46. The van der Waals surface area contributed by atoms with E-state index in [1.54, 1.807) is 13.8 Å². The molecule has 114 valence electrons. The molecule has 1 amide bonds. The average molecular weight is 291 g/mol. The van der Waals surface area contributed by atoms with E-state index in [0.29, 0.717) is 0 Å². The Morgan fingerprint density at radius 3 is 2.86 bits per heavy atom. The summed E-state index contributed by atoms with van der Waals surface area (Å²) in [6.07, 6.45) is 0.0377. The fourth-order valence-electron chi connectivity index (χ4n) is 2.39. The van der Waals surface area contributed by atoms with Crippen LogP contribution in [0.2, 0.25) is 0 Å². The molecule has 0 aliphatic carbocycles. The van der Waals surface area contributed by atoms with Crippen LogP contribution in [0.25, 0.3) is 0 Å². The number of aliphatic hydroxyl groups is 1. The van der Waals surface area contributed by atoms with Crippen molar-refractivity contribution in [3.05, 3.63) is 48.6 Å². The number of amides is 1. The molecule has 1 heterocycles. The Labute approximate surface area is 124 Å². The smallest absolute Gasteiger partial charge is 0.412 e. The van der Waals surface area contributed by atoms with E-state index >= 15 is 0 Å². The molecule has 2 rings (SSSR count). The van der Waals surface area contributed by atoms with Crippen LogP contribution >= 0.6 is 0 Å². The Balaban J connectivity index is 2.06. The van der Waals surface area contributed by atoms with E-state index in [4.69, 9.17) is 9.47 Å². The van der Waals surface area contributed by atoms with Gasteiger partial charge in [-0.25, -0.2) is 4.79 Å². The van der Waals surface area contributed by atoms with Crippen molar-refractivity contribution in [2.45, 2.75) is 38.3 Å². The molecule has 0 spiro atoms. The molecule has 2 atom stereocenters. The number of carbonyl (C=O) groups excluding carboxylic acids is 1. The van der Waals surface area contributed by atoms with Gasteiger partial charge in [-0.15, -0.1) is 6.58 Å². The maximum atomic E-state index is 12.3. The molecule has 5 heteroatoms. The first kappa shape index (κ1) is 15.5. The second kappa shape index (κ2) is 6.28. The van der Waals surface area contributed by atoms with E-state index in [1.807, 2.05) is 30.3 Å². The molecule has 1 aliphatic heterocycles. The molecular weight excluding hydrogens is 270 g/mol. The van der Waals surface area contributed by atoms with Gasteiger partial charge in [0.15, 0.2) is 0 Å². The zero-order valence-electron chi connectivity index (χ0n) is 12.4. The molecule has 0 bridgehead atoms. The summed E-state index contributed by atoms with van der Waals surface area (Å²) < 4.78 is 10.9. The molecule has 1 fully saturated rings. The third-order valence-corrected chi connectivity index (χ3v) is 3.56. The van der Waals surface area contributed by atoms with Gasteiger partial charge in [-0.1, -0.05) is 36.4 Å². The summed E-state index contributed by atoms with van der Waals surface area (Å²) in [7, 11) is 0. The van der Waals surface area contributed by atoms with Gasteiger partial charge in [0.2, 0.25) is 0 Å². The summed E-state index contributed by atoms with van der Waals surface area (Å²) in [4.78, 5) is 13.8. The highest BCUT2D eigenvalue weighted by molar-refractivity contribution is 5.69. The normalized spacial score (nSPS) is 21.9. The number of rotatable bonds is 4. The Morgan fingerprint density at radius 2 is 2.24 bits per heavy atom. The lowest BCUT2D eigenvalue weighted by molar-refractivity contribution is -0.0525. The first-order valence-electron chi connectivity index (χ1n) is 6.90. The molecule has 0 aromatic heterocycles. The van der Waals surface area contributed by atoms with Gasteiger partial charge in [-0.3, -0.25) is 4.90 Å². The Bertz CT molecular complexity index is 500. The first-order valence-corrected chi connectivity index (χ1v) is 6.90. The van der Waals surface area contributed by atoms with Gasteiger partial charge in [-0.05, 0) is 19.4 Å². The molecule has 1 N–H and O–H groups in total. The summed E-state index contributed by atoms with van der Waals surface area (Å²) in [6.45, 7) is 7.53. The molecule has 1 unspecified atom stereocenters. The highest BCUT2D eigenvalue weighted by atomic mass is 16.6. The van der Waals surface area contributed by atoms with Gasteiger partial charge in [0.25, 0.3) is 0 Å². The van der Waals surface area contributed by atoms with Gasteiger partial charge < -0.3 is 14.6 Å². The van der Waals surface area contributed by atoms with Crippen molar-refractivity contribution >= 4 is 6.09 Å². The third kappa shape index (κ3) is 3.43. The number of benzene rings is 1. The maximum absolute atomic E-state index is 12.3. The quantitative estimate of drug-likeness (QED) is 0.865. The van der Waals surface area contributed by atoms with Crippen LogP contribution in [0.5, 0.6) is 0 Å². The van der Waals surface area contributed by atoms with Gasteiger partial charge in [0.1, 0.15) is 12.3 Å². The van der Waals surface area contributed by atoms with Crippen molar-refractivity contribution in [3.8, 4) is 0 Å². The van der Waals surface area contributed by atoms with E-state index in [-0.39, 0.29) is 13.2 Å². The molecule has 0 saturated carbocycles. The van der Waals surface area contributed by atoms with E-state index in [1.165, 1.54) is 11.0 Å². The molecule has 1 aliphatic rings. The highest BCUT2D eigenvalue weighted by Crippen LogP contribution is 2.30. The maximum Gasteiger partial charge on any atom is 0.412 e. The monoisotopic (exact) mass is 291 g/mol. The predicted molar refractivity (Wildman–Crippen MR) is 78.5 cm³/mol. The van der Waals surface area contributed by atoms with Crippen molar-refractivity contribution in [1.82, 2.24) is 4.90 Å². The van der Waals surface area contributed by atoms with Crippen molar-refractivity contribution < 1.29 is 19.4 Å². The SMILES string of the molecule is C=CC(O)[C@H]1COC(C)(C)N1C(=O)OCc1ccccc1. The van der Waals surface area contributed by atoms with Gasteiger partial charge in [0, 0.05) is 0 Å². The van der Waals surface area contributed by atoms with Gasteiger partial charge in [-0.2, -0.15) is 0 Å². The standard InChI is InChI=1S/C16H21NO4/c1-4-14(18)13-11-21-16(2,3)17(13)15(19)20-10-12-8-6-5-7-9-12/h4-9,13-14,18H,1,10-11H2,2-3H3/t13-,14?/m1/s1. The van der Waals surface area contributed by atoms with Crippen LogP contribution in [0.1, 0.15) is 19.4 Å². The van der Waals surface area contributed by atoms with E-state index in [2.05, 4.69) is 6.58 Å². The summed E-state index contributed by atoms with van der Waals surface area (Å²) >= 11 is 0. The van der Waals surface area contributed by atoms with Gasteiger partial charge in [0.05, 0.1) is 18.8 Å². The lowest BCUT2D eigenvalue weighted by Gasteiger charge is -2.33. The summed E-state index contributed by atoms with van der Waals surface area (Å²) in [6, 6.07) is 8.95. The number of aliphatic hydroxyl groups excluding tert-OH is 1. The van der Waals surface area contributed by atoms with Crippen LogP contribution in [0, 0.1) is 0 Å². The zero-order valence-corrected chi connectivity index (χ0v) is 12.4. The first-order chi connectivity index (χ1) is 9.95. The van der Waals surface area contributed by atoms with Crippen LogP contribution in [0.3, 0.4) is 0 Å². The number of carbonyl (C=O) groups is 1. The van der Waals surface area contributed by atoms with Crippen molar-refractivity contribution in [3.63, 3.8) is 0 Å². The molecule has 1 aromatic carbocycles. The zero-order chi connectivity index (χ0) is 15.5. The fraction of sp³-hybridized carbons (Fsp3) is 0.438. The minimum atomic E-state index is -0.851. The van der Waals surface area contributed by atoms with Gasteiger partial charge >= 0.3 is 6.09 Å². The van der Waals surface area contributed by atoms with Crippen molar-refractivity contribution in [2.75, 3.05) is 6.61 Å². The fourth-order valence-corrected chi connectivity index (χ4v) is 2.39. The second-order valence-electron chi connectivity index (χ2n) is 5.46. The van der Waals surface area contributed by atoms with Crippen molar-refractivity contribution in [1.29, 1.82) is 0 Å².